The summed E-state index contributed by atoms with van der Waals surface area (Å²) in [4.78, 5) is 26.7. The summed E-state index contributed by atoms with van der Waals surface area (Å²) >= 11 is 1.53. The molecule has 152 valence electrons. The summed E-state index contributed by atoms with van der Waals surface area (Å²) in [5.41, 5.74) is 3.44. The van der Waals surface area contributed by atoms with Gasteiger partial charge in [0, 0.05) is 29.8 Å². The number of thioether (sulfide) groups is 1. The number of amides is 1. The third kappa shape index (κ3) is 5.51. The van der Waals surface area contributed by atoms with Crippen molar-refractivity contribution < 1.29 is 9.21 Å². The third-order valence-corrected chi connectivity index (χ3v) is 5.89. The summed E-state index contributed by atoms with van der Waals surface area (Å²) < 4.78 is 5.37. The molecule has 0 radical (unpaired) electrons. The minimum Gasteiger partial charge on any atom is -0.423 e. The van der Waals surface area contributed by atoms with Gasteiger partial charge in [0.1, 0.15) is 5.58 Å². The lowest BCUT2D eigenvalue weighted by molar-refractivity contribution is -0.130. The number of nitrogens with zero attached hydrogens (tertiary/aromatic N) is 1. The molecule has 4 nitrogen and oxygen atoms in total. The second-order valence-corrected chi connectivity index (χ2v) is 8.35. The van der Waals surface area contributed by atoms with Crippen molar-refractivity contribution >= 4 is 28.6 Å². The molecule has 0 saturated heterocycles. The summed E-state index contributed by atoms with van der Waals surface area (Å²) in [6.45, 7) is 6.75. The second kappa shape index (κ2) is 9.79. The fourth-order valence-corrected chi connectivity index (χ4v) is 4.18. The van der Waals surface area contributed by atoms with Crippen molar-refractivity contribution in [3.63, 3.8) is 0 Å². The van der Waals surface area contributed by atoms with Crippen LogP contribution in [0.4, 0.5) is 0 Å². The minimum absolute atomic E-state index is 0.106. The van der Waals surface area contributed by atoms with Crippen molar-refractivity contribution in [1.29, 1.82) is 0 Å². The van der Waals surface area contributed by atoms with Gasteiger partial charge >= 0.3 is 5.63 Å². The lowest BCUT2D eigenvalue weighted by Crippen LogP contribution is -2.37. The van der Waals surface area contributed by atoms with Gasteiger partial charge in [-0.3, -0.25) is 4.79 Å². The van der Waals surface area contributed by atoms with Gasteiger partial charge in [-0.1, -0.05) is 49.4 Å². The number of carbonyl (C=O) groups is 1. The van der Waals surface area contributed by atoms with Gasteiger partial charge in [-0.25, -0.2) is 4.79 Å². The maximum absolute atomic E-state index is 12.8. The fraction of sp³-hybridized carbons (Fsp3) is 0.333. The Labute approximate surface area is 175 Å². The van der Waals surface area contributed by atoms with Gasteiger partial charge in [0.05, 0.1) is 5.75 Å². The first-order chi connectivity index (χ1) is 14.0. The van der Waals surface area contributed by atoms with Crippen molar-refractivity contribution in [1.82, 2.24) is 4.90 Å². The molecule has 0 atom stereocenters. The number of rotatable bonds is 8. The number of aryl methyl sites for hydroxylation is 1. The molecule has 29 heavy (non-hydrogen) atoms. The first-order valence-corrected chi connectivity index (χ1v) is 11.1. The highest BCUT2D eigenvalue weighted by Gasteiger charge is 2.17. The summed E-state index contributed by atoms with van der Waals surface area (Å²) in [5.74, 6) is 1.07. The minimum atomic E-state index is -0.347. The van der Waals surface area contributed by atoms with E-state index in [0.29, 0.717) is 23.6 Å². The van der Waals surface area contributed by atoms with Crippen molar-refractivity contribution in [2.24, 2.45) is 0 Å². The van der Waals surface area contributed by atoms with Crippen LogP contribution in [0.25, 0.3) is 11.0 Å². The fourth-order valence-electron chi connectivity index (χ4n) is 3.28. The third-order valence-electron chi connectivity index (χ3n) is 4.93. The molecular weight excluding hydrogens is 382 g/mol. The highest BCUT2D eigenvalue weighted by molar-refractivity contribution is 7.99. The Bertz CT molecular complexity index is 1030. The lowest BCUT2D eigenvalue weighted by atomic mass is 10.1. The van der Waals surface area contributed by atoms with Crippen LogP contribution in [0.1, 0.15) is 37.5 Å². The van der Waals surface area contributed by atoms with Crippen LogP contribution in [-0.2, 0) is 23.5 Å². The van der Waals surface area contributed by atoms with Crippen molar-refractivity contribution in [2.45, 2.75) is 45.5 Å². The average molecular weight is 410 g/mol. The Kier molecular flexibility index (Phi) is 7.15. The molecule has 0 saturated carbocycles. The molecule has 1 aromatic heterocycles. The van der Waals surface area contributed by atoms with E-state index < -0.39 is 0 Å². The summed E-state index contributed by atoms with van der Waals surface area (Å²) in [6, 6.07) is 17.7. The van der Waals surface area contributed by atoms with E-state index in [-0.39, 0.29) is 17.6 Å². The topological polar surface area (TPSA) is 50.5 Å². The van der Waals surface area contributed by atoms with Crippen LogP contribution in [-0.4, -0.2) is 22.6 Å². The van der Waals surface area contributed by atoms with Crippen LogP contribution in [0.2, 0.25) is 0 Å². The van der Waals surface area contributed by atoms with Crippen LogP contribution in [0.3, 0.4) is 0 Å². The molecule has 0 aliphatic rings. The molecular formula is C24H27NO3S. The maximum Gasteiger partial charge on any atom is 0.336 e. The van der Waals surface area contributed by atoms with E-state index in [0.717, 1.165) is 28.5 Å². The number of carbonyl (C=O) groups excluding carboxylic acids is 1. The number of hydrogen-bond donors (Lipinski definition) is 0. The van der Waals surface area contributed by atoms with Gasteiger partial charge in [-0.15, -0.1) is 11.8 Å². The number of hydrogen-bond acceptors (Lipinski definition) is 4. The van der Waals surface area contributed by atoms with Crippen LogP contribution in [0.5, 0.6) is 0 Å². The van der Waals surface area contributed by atoms with E-state index in [4.69, 9.17) is 4.42 Å². The van der Waals surface area contributed by atoms with Crippen LogP contribution in [0, 0.1) is 0 Å². The maximum atomic E-state index is 12.8. The van der Waals surface area contributed by atoms with Gasteiger partial charge in [-0.05, 0) is 43.0 Å². The Morgan fingerprint density at radius 1 is 1.07 bits per heavy atom. The molecule has 0 aliphatic heterocycles. The van der Waals surface area contributed by atoms with E-state index in [1.807, 2.05) is 61.2 Å². The molecule has 0 spiro atoms. The molecule has 5 heteroatoms. The Morgan fingerprint density at radius 3 is 2.52 bits per heavy atom. The van der Waals surface area contributed by atoms with E-state index in [2.05, 4.69) is 13.0 Å². The smallest absolute Gasteiger partial charge is 0.336 e. The number of fused-ring (bicyclic) bond motifs is 1. The molecule has 0 bridgehead atoms. The van der Waals surface area contributed by atoms with E-state index in [1.165, 1.54) is 17.8 Å². The first-order valence-electron chi connectivity index (χ1n) is 9.94. The van der Waals surface area contributed by atoms with Crippen molar-refractivity contribution in [3.05, 3.63) is 81.7 Å². The largest absolute Gasteiger partial charge is 0.423 e. The molecule has 1 heterocycles. The van der Waals surface area contributed by atoms with Gasteiger partial charge in [0.15, 0.2) is 0 Å². The zero-order chi connectivity index (χ0) is 20.8. The van der Waals surface area contributed by atoms with Gasteiger partial charge < -0.3 is 9.32 Å². The molecule has 1 amide bonds. The van der Waals surface area contributed by atoms with E-state index >= 15 is 0 Å². The average Bonchev–Trinajstić information content (AvgIpc) is 2.71. The standard InChI is InChI=1S/C24H27NO3S/c1-4-18-10-11-21-20(13-24(27)28-22(21)12-18)15-29-16-23(26)25(17(2)3)14-19-8-6-5-7-9-19/h5-13,17H,4,14-16H2,1-3H3. The second-order valence-electron chi connectivity index (χ2n) is 7.37. The molecule has 2 aromatic carbocycles. The van der Waals surface area contributed by atoms with Crippen LogP contribution >= 0.6 is 11.8 Å². The molecule has 0 N–H and O–H groups in total. The summed E-state index contributed by atoms with van der Waals surface area (Å²) in [6.07, 6.45) is 0.888. The molecule has 3 aromatic rings. The van der Waals surface area contributed by atoms with Gasteiger partial charge in [0.25, 0.3) is 0 Å². The predicted octanol–water partition coefficient (Wildman–Crippen LogP) is 5.03. The van der Waals surface area contributed by atoms with Gasteiger partial charge in [-0.2, -0.15) is 0 Å². The zero-order valence-electron chi connectivity index (χ0n) is 17.2. The van der Waals surface area contributed by atoms with Gasteiger partial charge in [0.2, 0.25) is 5.91 Å². The van der Waals surface area contributed by atoms with E-state index in [9.17, 15) is 9.59 Å². The first kappa shape index (κ1) is 21.2. The van der Waals surface area contributed by atoms with E-state index in [1.54, 1.807) is 0 Å². The Balaban J connectivity index is 1.68. The highest BCUT2D eigenvalue weighted by atomic mass is 32.2. The van der Waals surface area contributed by atoms with Crippen LogP contribution < -0.4 is 5.63 Å². The Hall–Kier alpha value is -2.53. The summed E-state index contributed by atoms with van der Waals surface area (Å²) in [5, 5.41) is 0.937. The number of benzene rings is 2. The van der Waals surface area contributed by atoms with Crippen LogP contribution in [0.15, 0.2) is 63.8 Å². The highest BCUT2D eigenvalue weighted by Crippen LogP contribution is 2.23. The monoisotopic (exact) mass is 409 g/mol. The zero-order valence-corrected chi connectivity index (χ0v) is 18.0. The molecule has 3 rings (SSSR count). The van der Waals surface area contributed by atoms with Crippen molar-refractivity contribution in [2.75, 3.05) is 5.75 Å². The lowest BCUT2D eigenvalue weighted by Gasteiger charge is -2.27. The summed E-state index contributed by atoms with van der Waals surface area (Å²) in [7, 11) is 0. The van der Waals surface area contributed by atoms with Crippen molar-refractivity contribution in [3.8, 4) is 0 Å². The molecule has 0 fully saturated rings. The quantitative estimate of drug-likeness (QED) is 0.490. The SMILES string of the molecule is CCc1ccc2c(CSCC(=O)N(Cc3ccccc3)C(C)C)cc(=O)oc2c1. The normalized spacial score (nSPS) is 11.2. The molecule has 0 aliphatic carbocycles. The Morgan fingerprint density at radius 2 is 1.83 bits per heavy atom. The predicted molar refractivity (Wildman–Crippen MR) is 120 cm³/mol. The molecule has 0 unspecified atom stereocenters.